The van der Waals surface area contributed by atoms with E-state index >= 15 is 0 Å². The Morgan fingerprint density at radius 3 is 2.32 bits per heavy atom. The van der Waals surface area contributed by atoms with Crippen LogP contribution in [0.4, 0.5) is 0 Å². The van der Waals surface area contributed by atoms with Gasteiger partial charge in [0.25, 0.3) is 0 Å². The van der Waals surface area contributed by atoms with Gasteiger partial charge in [-0.15, -0.1) is 0 Å². The van der Waals surface area contributed by atoms with Crippen molar-refractivity contribution in [2.75, 3.05) is 0 Å². The van der Waals surface area contributed by atoms with Gasteiger partial charge in [-0.2, -0.15) is 0 Å². The number of aliphatic carboxylic acids is 1. The number of nitrogens with one attached hydrogen (secondary N) is 1. The number of carbonyl (C=O) groups excluding carboxylic acids is 2. The molecule has 2 amide bonds. The molecule has 0 aromatic heterocycles. The van der Waals surface area contributed by atoms with Crippen molar-refractivity contribution < 1.29 is 19.5 Å². The first-order chi connectivity index (χ1) is 8.77. The fraction of sp³-hybridized carbons (Fsp3) is 0.750. The monoisotopic (exact) mass is 271 g/mol. The summed E-state index contributed by atoms with van der Waals surface area (Å²) in [6, 6.07) is -1.10. The molecule has 1 saturated carbocycles. The Hall–Kier alpha value is -1.63. The minimum Gasteiger partial charge on any atom is -0.480 e. The smallest absolute Gasteiger partial charge is 0.329 e. The van der Waals surface area contributed by atoms with Crippen molar-refractivity contribution in [1.82, 2.24) is 5.32 Å². The maximum atomic E-state index is 11.8. The highest BCUT2D eigenvalue weighted by atomic mass is 16.4. The highest BCUT2D eigenvalue weighted by Gasteiger charge is 2.43. The fourth-order valence-corrected chi connectivity index (χ4v) is 2.29. The van der Waals surface area contributed by atoms with Crippen LogP contribution in [0.25, 0.3) is 0 Å². The standard InChI is InChI=1S/C12H21N3O4/c1-7-2-4-12(5-3-7,11(18)19)15-10(17)8(13)6-9(14)16/h7-8H,2-6,13H2,1H3,(H2,14,16)(H,15,17)(H,18,19). The van der Waals surface area contributed by atoms with Crippen LogP contribution < -0.4 is 16.8 Å². The Labute approximate surface area is 111 Å². The van der Waals surface area contributed by atoms with Crippen molar-refractivity contribution in [2.24, 2.45) is 17.4 Å². The second kappa shape index (κ2) is 6.01. The summed E-state index contributed by atoms with van der Waals surface area (Å²) in [5, 5.41) is 11.8. The first-order valence-electron chi connectivity index (χ1n) is 6.36. The van der Waals surface area contributed by atoms with E-state index in [9.17, 15) is 19.5 Å². The van der Waals surface area contributed by atoms with E-state index in [1.165, 1.54) is 0 Å². The molecular weight excluding hydrogens is 250 g/mol. The van der Waals surface area contributed by atoms with Gasteiger partial charge in [-0.05, 0) is 31.6 Å². The minimum absolute atomic E-state index is 0.294. The molecule has 0 heterocycles. The van der Waals surface area contributed by atoms with Gasteiger partial charge < -0.3 is 21.9 Å². The molecule has 7 nitrogen and oxygen atoms in total. The molecule has 0 radical (unpaired) electrons. The van der Waals surface area contributed by atoms with Crippen LogP contribution in [0.2, 0.25) is 0 Å². The van der Waals surface area contributed by atoms with Crippen LogP contribution in [0.5, 0.6) is 0 Å². The Kier molecular flexibility index (Phi) is 4.88. The summed E-state index contributed by atoms with van der Waals surface area (Å²) in [5.74, 6) is -1.94. The number of carboxylic acids is 1. The molecule has 0 aliphatic heterocycles. The second-order valence-electron chi connectivity index (χ2n) is 5.34. The number of hydrogen-bond acceptors (Lipinski definition) is 4. The molecule has 0 saturated heterocycles. The molecule has 1 aliphatic carbocycles. The van der Waals surface area contributed by atoms with Crippen LogP contribution in [0.15, 0.2) is 0 Å². The molecule has 0 bridgehead atoms. The lowest BCUT2D eigenvalue weighted by atomic mass is 9.77. The lowest BCUT2D eigenvalue weighted by Crippen LogP contribution is -2.59. The Balaban J connectivity index is 2.71. The van der Waals surface area contributed by atoms with Crippen LogP contribution in [-0.2, 0) is 14.4 Å². The number of rotatable bonds is 5. The normalized spacial score (nSPS) is 28.4. The van der Waals surface area contributed by atoms with E-state index in [2.05, 4.69) is 5.32 Å². The maximum Gasteiger partial charge on any atom is 0.329 e. The summed E-state index contributed by atoms with van der Waals surface area (Å²) in [4.78, 5) is 34.0. The summed E-state index contributed by atoms with van der Waals surface area (Å²) in [7, 11) is 0. The molecular formula is C12H21N3O4. The van der Waals surface area contributed by atoms with Crippen molar-refractivity contribution >= 4 is 17.8 Å². The fourth-order valence-electron chi connectivity index (χ4n) is 2.29. The van der Waals surface area contributed by atoms with Gasteiger partial charge in [0.05, 0.1) is 12.5 Å². The van der Waals surface area contributed by atoms with Gasteiger partial charge in [0.1, 0.15) is 5.54 Å². The SMILES string of the molecule is CC1CCC(NC(=O)C(N)CC(N)=O)(C(=O)O)CC1. The van der Waals surface area contributed by atoms with E-state index in [4.69, 9.17) is 11.5 Å². The molecule has 1 atom stereocenters. The topological polar surface area (TPSA) is 136 Å². The maximum absolute atomic E-state index is 11.8. The van der Waals surface area contributed by atoms with Crippen LogP contribution in [0.3, 0.4) is 0 Å². The highest BCUT2D eigenvalue weighted by molar-refractivity contribution is 5.92. The second-order valence-corrected chi connectivity index (χ2v) is 5.34. The average molecular weight is 271 g/mol. The van der Waals surface area contributed by atoms with Gasteiger partial charge in [-0.3, -0.25) is 9.59 Å². The zero-order chi connectivity index (χ0) is 14.6. The number of hydrogen-bond donors (Lipinski definition) is 4. The quantitative estimate of drug-likeness (QED) is 0.526. The third-order valence-corrected chi connectivity index (χ3v) is 3.66. The molecule has 0 aromatic rings. The van der Waals surface area contributed by atoms with E-state index in [1.54, 1.807) is 0 Å². The number of carboxylic acid groups (broad SMARTS) is 1. The van der Waals surface area contributed by atoms with E-state index in [0.717, 1.165) is 12.8 Å². The van der Waals surface area contributed by atoms with Gasteiger partial charge in [0.2, 0.25) is 11.8 Å². The molecule has 108 valence electrons. The Morgan fingerprint density at radius 1 is 1.37 bits per heavy atom. The van der Waals surface area contributed by atoms with Crippen molar-refractivity contribution in [2.45, 2.75) is 50.6 Å². The van der Waals surface area contributed by atoms with E-state index in [-0.39, 0.29) is 6.42 Å². The molecule has 19 heavy (non-hydrogen) atoms. The summed E-state index contributed by atoms with van der Waals surface area (Å²) in [6.45, 7) is 2.05. The van der Waals surface area contributed by atoms with Gasteiger partial charge in [-0.25, -0.2) is 4.79 Å². The predicted molar refractivity (Wildman–Crippen MR) is 67.9 cm³/mol. The molecule has 1 aliphatic rings. The minimum atomic E-state index is -1.27. The van der Waals surface area contributed by atoms with Gasteiger partial charge in [0, 0.05) is 0 Å². The van der Waals surface area contributed by atoms with E-state index < -0.39 is 29.4 Å². The van der Waals surface area contributed by atoms with Gasteiger partial charge in [0.15, 0.2) is 0 Å². The van der Waals surface area contributed by atoms with Crippen molar-refractivity contribution in [1.29, 1.82) is 0 Å². The summed E-state index contributed by atoms with van der Waals surface area (Å²) >= 11 is 0. The molecule has 6 N–H and O–H groups in total. The van der Waals surface area contributed by atoms with Crippen molar-refractivity contribution in [3.05, 3.63) is 0 Å². The Bertz CT molecular complexity index is 375. The van der Waals surface area contributed by atoms with Crippen LogP contribution in [-0.4, -0.2) is 34.5 Å². The number of carbonyl (C=O) groups is 3. The molecule has 1 rings (SSSR count). The third kappa shape index (κ3) is 3.92. The number of nitrogens with two attached hydrogens (primary N) is 2. The van der Waals surface area contributed by atoms with Gasteiger partial charge >= 0.3 is 5.97 Å². The van der Waals surface area contributed by atoms with Crippen molar-refractivity contribution in [3.63, 3.8) is 0 Å². The Morgan fingerprint density at radius 2 is 1.89 bits per heavy atom. The van der Waals surface area contributed by atoms with Gasteiger partial charge in [-0.1, -0.05) is 6.92 Å². The number of amides is 2. The average Bonchev–Trinajstić information content (AvgIpc) is 2.31. The third-order valence-electron chi connectivity index (χ3n) is 3.66. The zero-order valence-corrected chi connectivity index (χ0v) is 11.0. The largest absolute Gasteiger partial charge is 0.480 e. The first kappa shape index (κ1) is 15.4. The molecule has 0 spiro atoms. The molecule has 1 unspecified atom stereocenters. The zero-order valence-electron chi connectivity index (χ0n) is 11.0. The van der Waals surface area contributed by atoms with E-state index in [0.29, 0.717) is 18.8 Å². The summed E-state index contributed by atoms with van der Waals surface area (Å²) in [5.41, 5.74) is 9.21. The molecule has 0 aromatic carbocycles. The first-order valence-corrected chi connectivity index (χ1v) is 6.36. The lowest BCUT2D eigenvalue weighted by molar-refractivity contribution is -0.150. The van der Waals surface area contributed by atoms with Crippen LogP contribution in [0, 0.1) is 5.92 Å². The lowest BCUT2D eigenvalue weighted by Gasteiger charge is -2.37. The summed E-state index contributed by atoms with van der Waals surface area (Å²) < 4.78 is 0. The molecule has 1 fully saturated rings. The van der Waals surface area contributed by atoms with Crippen LogP contribution in [0.1, 0.15) is 39.0 Å². The molecule has 7 heteroatoms. The highest BCUT2D eigenvalue weighted by Crippen LogP contribution is 2.32. The number of primary amides is 1. The predicted octanol–water partition coefficient (Wildman–Crippen LogP) is -0.661. The van der Waals surface area contributed by atoms with Crippen molar-refractivity contribution in [3.8, 4) is 0 Å². The van der Waals surface area contributed by atoms with E-state index in [1.807, 2.05) is 6.92 Å². The summed E-state index contributed by atoms with van der Waals surface area (Å²) in [6.07, 6.45) is 1.92. The van der Waals surface area contributed by atoms with Crippen LogP contribution >= 0.6 is 0 Å².